The van der Waals surface area contributed by atoms with Crippen molar-refractivity contribution in [1.82, 2.24) is 0 Å². The molecule has 0 amide bonds. The third-order valence-electron chi connectivity index (χ3n) is 12.2. The van der Waals surface area contributed by atoms with Crippen molar-refractivity contribution in [1.29, 1.82) is 0 Å². The van der Waals surface area contributed by atoms with E-state index in [0.717, 1.165) is 89.9 Å². The van der Waals surface area contributed by atoms with Crippen molar-refractivity contribution in [2.45, 2.75) is 284 Å². The highest BCUT2D eigenvalue weighted by Gasteiger charge is 2.19. The fraction of sp³-hybridized carbons (Fsp3) is 0.754. The number of esters is 3. The normalized spacial score (nSPS) is 12.6. The van der Waals surface area contributed by atoms with Crippen LogP contribution in [0.2, 0.25) is 0 Å². The summed E-state index contributed by atoms with van der Waals surface area (Å²) < 4.78 is 16.7. The summed E-state index contributed by atoms with van der Waals surface area (Å²) in [7, 11) is 0. The maximum absolute atomic E-state index is 12.7. The van der Waals surface area contributed by atoms with Crippen LogP contribution in [0.25, 0.3) is 0 Å². The van der Waals surface area contributed by atoms with Gasteiger partial charge in [-0.25, -0.2) is 0 Å². The smallest absolute Gasteiger partial charge is 0.310 e. The second kappa shape index (κ2) is 55.4. The zero-order valence-electron chi connectivity index (χ0n) is 44.2. The molecule has 0 radical (unpaired) electrons. The third-order valence-corrected chi connectivity index (χ3v) is 12.2. The van der Waals surface area contributed by atoms with Gasteiger partial charge in [-0.05, 0) is 64.2 Å². The number of carbonyl (C=O) groups is 3. The maximum Gasteiger partial charge on any atom is 0.310 e. The predicted octanol–water partition coefficient (Wildman–Crippen LogP) is 19.0. The second-order valence-electron chi connectivity index (χ2n) is 18.8. The number of unbranched alkanes of at least 4 members (excludes halogenated alkanes) is 29. The van der Waals surface area contributed by atoms with Crippen molar-refractivity contribution < 1.29 is 28.6 Å². The number of rotatable bonds is 51. The monoisotopic (exact) mass is 935 g/mol. The van der Waals surface area contributed by atoms with Crippen LogP contribution in [-0.4, -0.2) is 37.2 Å². The Morgan fingerprint density at radius 3 is 1.03 bits per heavy atom. The number of carbonyl (C=O) groups excluding carboxylic acids is 3. The van der Waals surface area contributed by atoms with Crippen LogP contribution in [0.15, 0.2) is 72.9 Å². The van der Waals surface area contributed by atoms with Crippen LogP contribution in [0.3, 0.4) is 0 Å². The van der Waals surface area contributed by atoms with Crippen LogP contribution in [0.1, 0.15) is 278 Å². The predicted molar refractivity (Wildman–Crippen MR) is 288 cm³/mol. The van der Waals surface area contributed by atoms with Gasteiger partial charge in [0.05, 0.1) is 6.42 Å². The van der Waals surface area contributed by atoms with E-state index in [1.54, 1.807) is 6.08 Å². The summed E-state index contributed by atoms with van der Waals surface area (Å²) in [5.74, 6) is -1.05. The minimum atomic E-state index is -0.830. The van der Waals surface area contributed by atoms with E-state index in [-0.39, 0.29) is 31.6 Å². The first-order valence-electron chi connectivity index (χ1n) is 28.4. The highest BCUT2D eigenvalue weighted by molar-refractivity contribution is 5.72. The van der Waals surface area contributed by atoms with Crippen molar-refractivity contribution in [3.8, 4) is 0 Å². The first-order valence-corrected chi connectivity index (χ1v) is 28.4. The summed E-state index contributed by atoms with van der Waals surface area (Å²) in [6.07, 6.45) is 70.9. The lowest BCUT2D eigenvalue weighted by Crippen LogP contribution is -2.30. The van der Waals surface area contributed by atoms with E-state index in [4.69, 9.17) is 14.2 Å². The van der Waals surface area contributed by atoms with Crippen LogP contribution in [0.4, 0.5) is 0 Å². The van der Waals surface area contributed by atoms with Gasteiger partial charge in [-0.2, -0.15) is 0 Å². The first kappa shape index (κ1) is 63.8. The average molecular weight is 936 g/mol. The van der Waals surface area contributed by atoms with Crippen molar-refractivity contribution in [3.05, 3.63) is 72.9 Å². The molecule has 0 bridgehead atoms. The highest BCUT2D eigenvalue weighted by Crippen LogP contribution is 2.17. The fourth-order valence-electron chi connectivity index (χ4n) is 7.99. The molecule has 0 aliphatic rings. The van der Waals surface area contributed by atoms with E-state index in [1.807, 2.05) is 6.08 Å². The maximum atomic E-state index is 12.7. The van der Waals surface area contributed by atoms with Gasteiger partial charge < -0.3 is 14.2 Å². The van der Waals surface area contributed by atoms with Crippen molar-refractivity contribution in [2.75, 3.05) is 13.2 Å². The Balaban J connectivity index is 4.29. The van der Waals surface area contributed by atoms with Gasteiger partial charge in [0.15, 0.2) is 6.10 Å². The van der Waals surface area contributed by atoms with E-state index < -0.39 is 12.1 Å². The highest BCUT2D eigenvalue weighted by atomic mass is 16.6. The van der Waals surface area contributed by atoms with Crippen molar-refractivity contribution in [2.24, 2.45) is 0 Å². The van der Waals surface area contributed by atoms with Crippen molar-refractivity contribution >= 4 is 17.9 Å². The lowest BCUT2D eigenvalue weighted by atomic mass is 10.0. The molecule has 0 saturated carbocycles. The Labute approximate surface area is 414 Å². The molecule has 6 nitrogen and oxygen atoms in total. The summed E-state index contributed by atoms with van der Waals surface area (Å²) in [5.41, 5.74) is 0. The summed E-state index contributed by atoms with van der Waals surface area (Å²) in [6.45, 7) is 6.39. The van der Waals surface area contributed by atoms with E-state index in [2.05, 4.69) is 81.5 Å². The lowest BCUT2D eigenvalue weighted by Gasteiger charge is -2.18. The topological polar surface area (TPSA) is 78.9 Å². The minimum Gasteiger partial charge on any atom is -0.462 e. The molecular formula is C61H106O6. The lowest BCUT2D eigenvalue weighted by molar-refractivity contribution is -0.166. The van der Waals surface area contributed by atoms with Crippen molar-refractivity contribution in [3.63, 3.8) is 0 Å². The number of hydrogen-bond acceptors (Lipinski definition) is 6. The van der Waals surface area contributed by atoms with E-state index in [9.17, 15) is 14.4 Å². The van der Waals surface area contributed by atoms with Gasteiger partial charge in [-0.1, -0.05) is 267 Å². The second-order valence-corrected chi connectivity index (χ2v) is 18.8. The van der Waals surface area contributed by atoms with Crippen LogP contribution in [-0.2, 0) is 28.6 Å². The molecule has 0 aromatic heterocycles. The Morgan fingerprint density at radius 2 is 0.657 bits per heavy atom. The van der Waals surface area contributed by atoms with Gasteiger partial charge in [0.2, 0.25) is 0 Å². The first-order chi connectivity index (χ1) is 33.0. The number of ether oxygens (including phenoxy) is 3. The van der Waals surface area contributed by atoms with Crippen LogP contribution in [0.5, 0.6) is 0 Å². The van der Waals surface area contributed by atoms with Gasteiger partial charge in [-0.15, -0.1) is 0 Å². The zero-order chi connectivity index (χ0) is 48.6. The Bertz CT molecular complexity index is 1260. The summed E-state index contributed by atoms with van der Waals surface area (Å²) >= 11 is 0. The van der Waals surface area contributed by atoms with Crippen LogP contribution < -0.4 is 0 Å². The van der Waals surface area contributed by atoms with Gasteiger partial charge in [0.25, 0.3) is 0 Å². The molecule has 0 fully saturated rings. The molecule has 0 N–H and O–H groups in total. The molecule has 1 atom stereocenters. The van der Waals surface area contributed by atoms with Crippen LogP contribution >= 0.6 is 0 Å². The number of allylic oxidation sites excluding steroid dienone is 11. The van der Waals surface area contributed by atoms with E-state index >= 15 is 0 Å². The molecule has 386 valence electrons. The zero-order valence-corrected chi connectivity index (χ0v) is 44.2. The molecule has 0 aromatic carbocycles. The Morgan fingerprint density at radius 1 is 0.328 bits per heavy atom. The van der Waals surface area contributed by atoms with E-state index in [0.29, 0.717) is 12.8 Å². The van der Waals surface area contributed by atoms with Gasteiger partial charge in [0, 0.05) is 12.8 Å². The molecule has 0 aromatic rings. The Hall–Kier alpha value is -3.15. The molecular weight excluding hydrogens is 829 g/mol. The summed E-state index contributed by atoms with van der Waals surface area (Å²) in [6, 6.07) is 0. The molecule has 0 heterocycles. The molecule has 1 unspecified atom stereocenters. The minimum absolute atomic E-state index is 0.0971. The SMILES string of the molecule is CC/C=C\C/C=C\C/C=C\C/C=C\C/C=C\CC(=O)OC(COC(=O)CCCCCCC/C=C\CCC)COC(=O)CCCCCCCCCCCCCCCCCCCCCCCCCC. The summed E-state index contributed by atoms with van der Waals surface area (Å²) in [4.78, 5) is 37.9. The Kier molecular flexibility index (Phi) is 52.8. The standard InChI is InChI=1S/C61H106O6/c1-4-7-10-13-16-19-22-24-26-27-28-29-30-31-32-33-34-36-37-39-42-45-48-51-54-60(63)66-57-58(56-65-59(62)53-50-47-44-41-21-18-15-12-9-6-3)67-61(64)55-52-49-46-43-40-38-35-25-23-20-17-14-11-8-5-2/h8,11-12,15,17,20,25,35,40,43,49,52,58H,4-7,9-10,13-14,16,18-19,21-24,26-34,36-39,41-42,44-48,50-51,53-57H2,1-3H3/b11-8-,15-12-,20-17-,35-25-,43-40-,52-49-. The van der Waals surface area contributed by atoms with Gasteiger partial charge in [0.1, 0.15) is 13.2 Å². The quantitative estimate of drug-likeness (QED) is 0.0262. The molecule has 0 aliphatic carbocycles. The molecule has 0 rings (SSSR count). The third kappa shape index (κ3) is 53.7. The molecule has 0 aliphatic heterocycles. The number of hydrogen-bond donors (Lipinski definition) is 0. The summed E-state index contributed by atoms with van der Waals surface area (Å²) in [5, 5.41) is 0. The fourth-order valence-corrected chi connectivity index (χ4v) is 7.99. The van der Waals surface area contributed by atoms with Gasteiger partial charge >= 0.3 is 17.9 Å². The molecule has 67 heavy (non-hydrogen) atoms. The molecule has 0 spiro atoms. The molecule has 6 heteroatoms. The van der Waals surface area contributed by atoms with Crippen LogP contribution in [0, 0.1) is 0 Å². The van der Waals surface area contributed by atoms with E-state index in [1.165, 1.54) is 148 Å². The molecule has 0 saturated heterocycles. The average Bonchev–Trinajstić information content (AvgIpc) is 3.33. The van der Waals surface area contributed by atoms with Gasteiger partial charge in [-0.3, -0.25) is 14.4 Å². The largest absolute Gasteiger partial charge is 0.462 e.